The Morgan fingerprint density at radius 1 is 1.38 bits per heavy atom. The number of hydrogen-bond donors (Lipinski definition) is 2. The number of halogens is 2. The summed E-state index contributed by atoms with van der Waals surface area (Å²) in [5, 5.41) is 10.2. The molecule has 0 radical (unpaired) electrons. The maximum atomic E-state index is 13.0. The van der Waals surface area contributed by atoms with E-state index in [0.717, 1.165) is 18.2 Å². The van der Waals surface area contributed by atoms with Crippen molar-refractivity contribution in [1.82, 2.24) is 0 Å². The highest BCUT2D eigenvalue weighted by Gasteiger charge is 2.25. The third kappa shape index (κ3) is 3.23. The molecule has 0 aliphatic carbocycles. The van der Waals surface area contributed by atoms with Gasteiger partial charge in [0, 0.05) is 6.07 Å². The predicted molar refractivity (Wildman–Crippen MR) is 77.6 cm³/mol. The first-order valence-electron chi connectivity index (χ1n) is 5.22. The van der Waals surface area contributed by atoms with Gasteiger partial charge in [-0.2, -0.15) is 0 Å². The van der Waals surface area contributed by atoms with Crippen LogP contribution in [0.5, 0.6) is 0 Å². The third-order valence-corrected chi connectivity index (χ3v) is 5.45. The molecule has 7 nitrogen and oxygen atoms in total. The summed E-state index contributed by atoms with van der Waals surface area (Å²) in [7, 11) is -4.08. The summed E-state index contributed by atoms with van der Waals surface area (Å²) in [6.45, 7) is 0. The molecule has 11 heteroatoms. The molecule has 21 heavy (non-hydrogen) atoms. The van der Waals surface area contributed by atoms with Crippen LogP contribution in [0.4, 0.5) is 20.8 Å². The van der Waals surface area contributed by atoms with E-state index in [1.807, 2.05) is 0 Å². The lowest BCUT2D eigenvalue weighted by Gasteiger charge is -2.06. The van der Waals surface area contributed by atoms with Gasteiger partial charge in [-0.3, -0.25) is 14.8 Å². The van der Waals surface area contributed by atoms with Gasteiger partial charge in [0.1, 0.15) is 10.0 Å². The molecule has 0 unspecified atom stereocenters. The van der Waals surface area contributed by atoms with E-state index in [0.29, 0.717) is 11.3 Å². The van der Waals surface area contributed by atoms with Gasteiger partial charge in [0.05, 0.1) is 15.6 Å². The Labute approximate surface area is 127 Å². The number of sulfonamides is 1. The van der Waals surface area contributed by atoms with Crippen LogP contribution in [0.1, 0.15) is 0 Å². The molecule has 2 rings (SSSR count). The van der Waals surface area contributed by atoms with Gasteiger partial charge in [-0.05, 0) is 18.2 Å². The number of nitrogens with one attached hydrogen (secondary N) is 1. The monoisotopic (exact) mass is 351 g/mol. The number of thiophene rings is 1. The number of hydrogen-bond acceptors (Lipinski definition) is 6. The van der Waals surface area contributed by atoms with Gasteiger partial charge in [0.25, 0.3) is 10.0 Å². The molecule has 0 fully saturated rings. The number of nitrogens with two attached hydrogens (primary N) is 1. The molecule has 0 aliphatic heterocycles. The zero-order valence-corrected chi connectivity index (χ0v) is 12.4. The van der Waals surface area contributed by atoms with E-state index in [4.69, 9.17) is 17.3 Å². The molecule has 0 amide bonds. The van der Waals surface area contributed by atoms with Crippen molar-refractivity contribution in [2.45, 2.75) is 4.21 Å². The Morgan fingerprint density at radius 2 is 2.05 bits per heavy atom. The van der Waals surface area contributed by atoms with Crippen LogP contribution in [0, 0.1) is 15.9 Å². The fraction of sp³-hybridized carbons (Fsp3) is 0. The first-order chi connectivity index (χ1) is 9.70. The van der Waals surface area contributed by atoms with Gasteiger partial charge in [0.15, 0.2) is 5.00 Å². The second-order valence-corrected chi connectivity index (χ2v) is 7.21. The Balaban J connectivity index is 2.36. The van der Waals surface area contributed by atoms with Crippen molar-refractivity contribution in [2.24, 2.45) is 0 Å². The first-order valence-corrected chi connectivity index (χ1v) is 7.90. The summed E-state index contributed by atoms with van der Waals surface area (Å²) < 4.78 is 39.0. The highest BCUT2D eigenvalue weighted by molar-refractivity contribution is 7.94. The first kappa shape index (κ1) is 15.5. The fourth-order valence-corrected chi connectivity index (χ4v) is 3.86. The summed E-state index contributed by atoms with van der Waals surface area (Å²) in [5.74, 6) is -0.698. The van der Waals surface area contributed by atoms with Crippen molar-refractivity contribution in [3.63, 3.8) is 0 Å². The number of nitro groups is 1. The largest absolute Gasteiger partial charge is 0.385 e. The fourth-order valence-electron chi connectivity index (χ4n) is 1.41. The van der Waals surface area contributed by atoms with Crippen LogP contribution in [0.15, 0.2) is 28.5 Å². The van der Waals surface area contributed by atoms with E-state index < -0.39 is 26.5 Å². The molecule has 1 aromatic heterocycles. The highest BCUT2D eigenvalue weighted by Crippen LogP contribution is 2.35. The van der Waals surface area contributed by atoms with Crippen molar-refractivity contribution in [2.75, 3.05) is 10.5 Å². The molecule has 1 heterocycles. The van der Waals surface area contributed by atoms with Gasteiger partial charge < -0.3 is 5.73 Å². The summed E-state index contributed by atoms with van der Waals surface area (Å²) in [5.41, 5.74) is 4.93. The molecule has 0 saturated heterocycles. The molecule has 0 atom stereocenters. The van der Waals surface area contributed by atoms with Crippen LogP contribution < -0.4 is 10.5 Å². The topological polar surface area (TPSA) is 115 Å². The summed E-state index contributed by atoms with van der Waals surface area (Å²) >= 11 is 6.10. The van der Waals surface area contributed by atoms with Gasteiger partial charge in [-0.25, -0.2) is 12.8 Å². The number of anilines is 2. The standard InChI is InChI=1S/C10H7ClFN3O4S2/c11-6-3-5(1-2-7(6)12)14-21(18,19)9-4-8(15(16)17)10(13)20-9/h1-4,14H,13H2. The quantitative estimate of drug-likeness (QED) is 0.649. The van der Waals surface area contributed by atoms with E-state index >= 15 is 0 Å². The Kier molecular flexibility index (Phi) is 4.03. The summed E-state index contributed by atoms with van der Waals surface area (Å²) in [6, 6.07) is 4.10. The summed E-state index contributed by atoms with van der Waals surface area (Å²) in [6.07, 6.45) is 0. The summed E-state index contributed by atoms with van der Waals surface area (Å²) in [4.78, 5) is 9.88. The number of benzene rings is 1. The van der Waals surface area contributed by atoms with Crippen LogP contribution in [0.3, 0.4) is 0 Å². The van der Waals surface area contributed by atoms with Crippen LogP contribution in [-0.4, -0.2) is 13.3 Å². The van der Waals surface area contributed by atoms with Crippen molar-refractivity contribution in [3.8, 4) is 0 Å². The zero-order chi connectivity index (χ0) is 15.8. The predicted octanol–water partition coefficient (Wildman–Crippen LogP) is 2.83. The van der Waals surface area contributed by atoms with Crippen molar-refractivity contribution in [1.29, 1.82) is 0 Å². The van der Waals surface area contributed by atoms with Gasteiger partial charge >= 0.3 is 5.69 Å². The molecule has 2 aromatic rings. The minimum Gasteiger partial charge on any atom is -0.385 e. The maximum absolute atomic E-state index is 13.0. The molecular formula is C10H7ClFN3O4S2. The molecule has 3 N–H and O–H groups in total. The minimum atomic E-state index is -4.08. The maximum Gasteiger partial charge on any atom is 0.304 e. The SMILES string of the molecule is Nc1sc(S(=O)(=O)Nc2ccc(F)c(Cl)c2)cc1[N+](=O)[O-]. The van der Waals surface area contributed by atoms with Crippen LogP contribution in [-0.2, 0) is 10.0 Å². The lowest BCUT2D eigenvalue weighted by Crippen LogP contribution is -2.11. The van der Waals surface area contributed by atoms with E-state index in [9.17, 15) is 22.9 Å². The molecular weight excluding hydrogens is 345 g/mol. The third-order valence-electron chi connectivity index (χ3n) is 2.35. The Hall–Kier alpha value is -1.91. The number of nitrogens with zero attached hydrogens (tertiary/aromatic N) is 1. The minimum absolute atomic E-state index is 0.0241. The second-order valence-electron chi connectivity index (χ2n) is 3.81. The van der Waals surface area contributed by atoms with Crippen molar-refractivity contribution < 1.29 is 17.7 Å². The second kappa shape index (κ2) is 5.47. The molecule has 0 spiro atoms. The Morgan fingerprint density at radius 3 is 2.57 bits per heavy atom. The molecule has 0 aliphatic rings. The van der Waals surface area contributed by atoms with E-state index in [1.165, 1.54) is 6.07 Å². The van der Waals surface area contributed by atoms with Gasteiger partial charge in [-0.15, -0.1) is 0 Å². The van der Waals surface area contributed by atoms with E-state index in [2.05, 4.69) is 4.72 Å². The molecule has 1 aromatic carbocycles. The zero-order valence-electron chi connectivity index (χ0n) is 10.0. The number of nitrogen functional groups attached to an aromatic ring is 1. The lowest BCUT2D eigenvalue weighted by atomic mass is 10.3. The average molecular weight is 352 g/mol. The van der Waals surface area contributed by atoms with Gasteiger partial charge in [-0.1, -0.05) is 22.9 Å². The smallest absolute Gasteiger partial charge is 0.304 e. The molecule has 0 bridgehead atoms. The normalized spacial score (nSPS) is 11.3. The highest BCUT2D eigenvalue weighted by atomic mass is 35.5. The van der Waals surface area contributed by atoms with Crippen LogP contribution >= 0.6 is 22.9 Å². The van der Waals surface area contributed by atoms with Crippen LogP contribution in [0.2, 0.25) is 5.02 Å². The molecule has 112 valence electrons. The Bertz CT molecular complexity index is 822. The lowest BCUT2D eigenvalue weighted by molar-refractivity contribution is -0.383. The van der Waals surface area contributed by atoms with Gasteiger partial charge in [0.2, 0.25) is 0 Å². The van der Waals surface area contributed by atoms with Crippen molar-refractivity contribution >= 4 is 49.3 Å². The number of rotatable bonds is 4. The molecule has 0 saturated carbocycles. The van der Waals surface area contributed by atoms with Crippen LogP contribution in [0.25, 0.3) is 0 Å². The van der Waals surface area contributed by atoms with Crippen molar-refractivity contribution in [3.05, 3.63) is 45.2 Å². The average Bonchev–Trinajstić information content (AvgIpc) is 2.77. The van der Waals surface area contributed by atoms with E-state index in [-0.39, 0.29) is 19.9 Å². The van der Waals surface area contributed by atoms with E-state index in [1.54, 1.807) is 0 Å².